The number of aryl methyl sites for hydroxylation is 1. The zero-order chi connectivity index (χ0) is 21.0. The molecule has 1 N–H and O–H groups in total. The molecule has 0 radical (unpaired) electrons. The fourth-order valence-electron chi connectivity index (χ4n) is 4.00. The van der Waals surface area contributed by atoms with Crippen molar-refractivity contribution in [1.29, 1.82) is 0 Å². The molecule has 0 aliphatic carbocycles. The van der Waals surface area contributed by atoms with Gasteiger partial charge in [0.25, 0.3) is 0 Å². The van der Waals surface area contributed by atoms with E-state index in [0.717, 1.165) is 17.7 Å². The molecule has 1 fully saturated rings. The Bertz CT molecular complexity index is 996. The van der Waals surface area contributed by atoms with Gasteiger partial charge in [0.1, 0.15) is 0 Å². The number of aromatic nitrogens is 1. The van der Waals surface area contributed by atoms with Crippen molar-refractivity contribution < 1.29 is 9.18 Å². The van der Waals surface area contributed by atoms with Gasteiger partial charge in [-0.2, -0.15) is 0 Å². The normalized spacial score (nSPS) is 15.6. The van der Waals surface area contributed by atoms with Gasteiger partial charge in [-0.1, -0.05) is 48.5 Å². The number of carbonyl (C=O) groups is 1. The Morgan fingerprint density at radius 1 is 1.00 bits per heavy atom. The van der Waals surface area contributed by atoms with Gasteiger partial charge in [0.2, 0.25) is 0 Å². The molecule has 1 aliphatic heterocycles. The predicted octanol–water partition coefficient (Wildman–Crippen LogP) is 5.47. The first-order valence-corrected chi connectivity index (χ1v) is 10.3. The lowest BCUT2D eigenvalue weighted by Crippen LogP contribution is -2.45. The molecule has 30 heavy (non-hydrogen) atoms. The summed E-state index contributed by atoms with van der Waals surface area (Å²) in [4.78, 5) is 18.6. The van der Waals surface area contributed by atoms with E-state index in [1.807, 2.05) is 61.5 Å². The summed E-state index contributed by atoms with van der Waals surface area (Å²) in [6.07, 6.45) is 3.00. The summed E-state index contributed by atoms with van der Waals surface area (Å²) in [5.41, 5.74) is 3.06. The third kappa shape index (κ3) is 4.51. The van der Waals surface area contributed by atoms with E-state index in [2.05, 4.69) is 22.4 Å². The topological polar surface area (TPSA) is 45.2 Å². The molecule has 0 spiro atoms. The number of hydrogen-bond acceptors (Lipinski definition) is 2. The van der Waals surface area contributed by atoms with Gasteiger partial charge in [-0.3, -0.25) is 4.98 Å². The Morgan fingerprint density at radius 2 is 1.67 bits per heavy atom. The first-order chi connectivity index (χ1) is 14.5. The quantitative estimate of drug-likeness (QED) is 0.627. The minimum Gasteiger partial charge on any atom is -0.324 e. The minimum absolute atomic E-state index is 0.189. The fourth-order valence-corrected chi connectivity index (χ4v) is 4.00. The van der Waals surface area contributed by atoms with E-state index in [1.54, 1.807) is 11.1 Å². The molecular weight excluding hydrogens is 377 g/mol. The van der Waals surface area contributed by atoms with Crippen LogP contribution in [0.25, 0.3) is 0 Å². The lowest BCUT2D eigenvalue weighted by Gasteiger charge is -2.36. The molecule has 3 aromatic rings. The summed E-state index contributed by atoms with van der Waals surface area (Å²) in [5.74, 6) is 0. The number of alkyl halides is 1. The molecular formula is C25H26FN3O. The molecule has 2 heterocycles. The third-order valence-corrected chi connectivity index (χ3v) is 5.73. The van der Waals surface area contributed by atoms with E-state index in [0.29, 0.717) is 18.8 Å². The summed E-state index contributed by atoms with van der Waals surface area (Å²) < 4.78 is 15.4. The number of urea groups is 1. The van der Waals surface area contributed by atoms with Crippen molar-refractivity contribution >= 4 is 11.7 Å². The predicted molar refractivity (Wildman–Crippen MR) is 117 cm³/mol. The Morgan fingerprint density at radius 3 is 2.33 bits per heavy atom. The summed E-state index contributed by atoms with van der Waals surface area (Å²) in [7, 11) is 0. The number of halogens is 1. The molecule has 5 heteroatoms. The molecule has 0 saturated carbocycles. The van der Waals surface area contributed by atoms with E-state index in [-0.39, 0.29) is 18.9 Å². The minimum atomic E-state index is -1.47. The molecule has 154 valence electrons. The van der Waals surface area contributed by atoms with Gasteiger partial charge in [0.15, 0.2) is 5.67 Å². The van der Waals surface area contributed by atoms with Crippen LogP contribution in [0.15, 0.2) is 72.9 Å². The summed E-state index contributed by atoms with van der Waals surface area (Å²) >= 11 is 0. The number of benzene rings is 2. The van der Waals surface area contributed by atoms with Crippen LogP contribution in [-0.2, 0) is 12.1 Å². The molecule has 1 aliphatic rings. The first-order valence-electron chi connectivity index (χ1n) is 10.3. The number of likely N-dealkylation sites (tertiary alicyclic amines) is 1. The molecule has 4 rings (SSSR count). The van der Waals surface area contributed by atoms with Crippen LogP contribution >= 0.6 is 0 Å². The molecule has 0 unspecified atom stereocenters. The zero-order valence-electron chi connectivity index (χ0n) is 17.1. The third-order valence-electron chi connectivity index (χ3n) is 5.73. The largest absolute Gasteiger partial charge is 0.324 e. The lowest BCUT2D eigenvalue weighted by atomic mass is 9.87. The molecule has 1 aromatic heterocycles. The van der Waals surface area contributed by atoms with Gasteiger partial charge >= 0.3 is 6.03 Å². The maximum atomic E-state index is 15.4. The second kappa shape index (κ2) is 8.66. The van der Waals surface area contributed by atoms with Crippen molar-refractivity contribution in [3.05, 3.63) is 95.3 Å². The van der Waals surface area contributed by atoms with Crippen molar-refractivity contribution in [3.8, 4) is 0 Å². The van der Waals surface area contributed by atoms with Gasteiger partial charge in [0, 0.05) is 37.8 Å². The van der Waals surface area contributed by atoms with Crippen molar-refractivity contribution in [2.45, 2.75) is 31.9 Å². The number of anilines is 1. The second-order valence-corrected chi connectivity index (χ2v) is 7.91. The fraction of sp³-hybridized carbons (Fsp3) is 0.280. The molecule has 0 bridgehead atoms. The van der Waals surface area contributed by atoms with Crippen molar-refractivity contribution in [2.75, 3.05) is 18.4 Å². The van der Waals surface area contributed by atoms with Crippen molar-refractivity contribution in [1.82, 2.24) is 9.88 Å². The number of piperidine rings is 1. The summed E-state index contributed by atoms with van der Waals surface area (Å²) in [6.45, 7) is 2.61. The van der Waals surface area contributed by atoms with E-state index in [4.69, 9.17) is 0 Å². The van der Waals surface area contributed by atoms with E-state index in [9.17, 15) is 4.79 Å². The monoisotopic (exact) mass is 403 g/mol. The average molecular weight is 404 g/mol. The number of rotatable bonds is 4. The summed E-state index contributed by atoms with van der Waals surface area (Å²) in [6, 6.07) is 21.6. The van der Waals surface area contributed by atoms with Crippen LogP contribution in [0.1, 0.15) is 35.2 Å². The van der Waals surface area contributed by atoms with Crippen LogP contribution < -0.4 is 5.32 Å². The van der Waals surface area contributed by atoms with E-state index >= 15 is 4.39 Å². The number of hydrogen-bond donors (Lipinski definition) is 1. The molecule has 0 atom stereocenters. The van der Waals surface area contributed by atoms with Crippen LogP contribution in [0.3, 0.4) is 0 Å². The standard InChI is InChI=1S/C25H26FN3O/c1-19-6-5-15-27-23(19)25(26)13-16-29(17-14-25)24(30)28-22-11-9-21(10-12-22)18-20-7-3-2-4-8-20/h2-12,15H,13-14,16-18H2,1H3,(H,28,30). The highest BCUT2D eigenvalue weighted by molar-refractivity contribution is 5.89. The maximum Gasteiger partial charge on any atom is 0.321 e. The zero-order valence-corrected chi connectivity index (χ0v) is 17.1. The Hall–Kier alpha value is -3.21. The van der Waals surface area contributed by atoms with Crippen LogP contribution in [0, 0.1) is 6.92 Å². The number of nitrogens with one attached hydrogen (secondary N) is 1. The molecule has 4 nitrogen and oxygen atoms in total. The Labute approximate surface area is 176 Å². The highest BCUT2D eigenvalue weighted by atomic mass is 19.1. The maximum absolute atomic E-state index is 15.4. The van der Waals surface area contributed by atoms with Gasteiger partial charge < -0.3 is 10.2 Å². The number of amides is 2. The summed E-state index contributed by atoms with van der Waals surface area (Å²) in [5, 5.41) is 2.93. The van der Waals surface area contributed by atoms with Crippen molar-refractivity contribution in [3.63, 3.8) is 0 Å². The average Bonchev–Trinajstić information content (AvgIpc) is 2.76. The molecule has 2 aromatic carbocycles. The van der Waals surface area contributed by atoms with Crippen LogP contribution in [0.4, 0.5) is 14.9 Å². The number of carbonyl (C=O) groups excluding carboxylic acids is 1. The van der Waals surface area contributed by atoms with E-state index < -0.39 is 5.67 Å². The molecule has 2 amide bonds. The lowest BCUT2D eigenvalue weighted by molar-refractivity contribution is 0.0677. The van der Waals surface area contributed by atoms with Crippen LogP contribution in [-0.4, -0.2) is 29.0 Å². The van der Waals surface area contributed by atoms with Gasteiger partial charge in [0.05, 0.1) is 5.69 Å². The van der Waals surface area contributed by atoms with Gasteiger partial charge in [-0.05, 0) is 48.2 Å². The number of pyridine rings is 1. The second-order valence-electron chi connectivity index (χ2n) is 7.91. The van der Waals surface area contributed by atoms with Crippen molar-refractivity contribution in [2.24, 2.45) is 0 Å². The molecule has 1 saturated heterocycles. The van der Waals surface area contributed by atoms with Crippen LogP contribution in [0.5, 0.6) is 0 Å². The van der Waals surface area contributed by atoms with Crippen LogP contribution in [0.2, 0.25) is 0 Å². The van der Waals surface area contributed by atoms with Gasteiger partial charge in [-0.15, -0.1) is 0 Å². The Balaban J connectivity index is 1.33. The SMILES string of the molecule is Cc1cccnc1C1(F)CCN(C(=O)Nc2ccc(Cc3ccccc3)cc2)CC1. The smallest absolute Gasteiger partial charge is 0.321 e. The van der Waals surface area contributed by atoms with Gasteiger partial charge in [-0.25, -0.2) is 9.18 Å². The number of nitrogens with zero attached hydrogens (tertiary/aromatic N) is 2. The highest BCUT2D eigenvalue weighted by Crippen LogP contribution is 2.37. The Kier molecular flexibility index (Phi) is 5.79. The highest BCUT2D eigenvalue weighted by Gasteiger charge is 2.39. The van der Waals surface area contributed by atoms with E-state index in [1.165, 1.54) is 11.1 Å². The first kappa shape index (κ1) is 20.1.